The molecule has 1 aliphatic rings. The normalized spacial score (nSPS) is 15.6. The maximum Gasteiger partial charge on any atom is 0.238 e. The number of nitrogens with zero attached hydrogens (tertiary/aromatic N) is 2. The van der Waals surface area contributed by atoms with Crippen LogP contribution >= 0.6 is 0 Å². The lowest BCUT2D eigenvalue weighted by atomic mass is 10.2. The number of para-hydroxylation sites is 2. The Morgan fingerprint density at radius 2 is 1.68 bits per heavy atom. The fourth-order valence-corrected chi connectivity index (χ4v) is 3.28. The van der Waals surface area contributed by atoms with Crippen molar-refractivity contribution in [2.24, 2.45) is 0 Å². The summed E-state index contributed by atoms with van der Waals surface area (Å²) in [7, 11) is 0. The van der Waals surface area contributed by atoms with Gasteiger partial charge in [0.1, 0.15) is 5.75 Å². The summed E-state index contributed by atoms with van der Waals surface area (Å²) in [6, 6.07) is 17.9. The molecule has 3 rings (SSSR count). The first-order chi connectivity index (χ1) is 13.7. The summed E-state index contributed by atoms with van der Waals surface area (Å²) in [5.74, 6) is 0.720. The second kappa shape index (κ2) is 10.6. The van der Waals surface area contributed by atoms with Crippen molar-refractivity contribution in [2.45, 2.75) is 6.92 Å². The number of amides is 1. The molecule has 1 aliphatic heterocycles. The standard InChI is InChI=1S/C23H29N3O2/c1-2-28-22-13-7-6-12-21(22)24-23(27)19-26-17-15-25(16-18-26)14-8-11-20-9-4-3-5-10-20/h3-13H,2,14-19H2,1H3,(H,24,27). The van der Waals surface area contributed by atoms with Gasteiger partial charge in [-0.15, -0.1) is 0 Å². The van der Waals surface area contributed by atoms with Crippen LogP contribution in [0.2, 0.25) is 0 Å². The van der Waals surface area contributed by atoms with E-state index in [9.17, 15) is 4.79 Å². The van der Waals surface area contributed by atoms with Crippen LogP contribution in [0.3, 0.4) is 0 Å². The highest BCUT2D eigenvalue weighted by molar-refractivity contribution is 5.93. The molecule has 0 spiro atoms. The predicted molar refractivity (Wildman–Crippen MR) is 115 cm³/mol. The van der Waals surface area contributed by atoms with Gasteiger partial charge in [0.2, 0.25) is 5.91 Å². The molecule has 0 saturated carbocycles. The van der Waals surface area contributed by atoms with Crippen LogP contribution in [-0.4, -0.2) is 61.6 Å². The van der Waals surface area contributed by atoms with E-state index >= 15 is 0 Å². The third-order valence-corrected chi connectivity index (χ3v) is 4.77. The minimum atomic E-state index is 0.00424. The Kier molecular flexibility index (Phi) is 7.64. The topological polar surface area (TPSA) is 44.8 Å². The molecule has 1 N–H and O–H groups in total. The van der Waals surface area contributed by atoms with Crippen LogP contribution in [0.25, 0.3) is 6.08 Å². The molecule has 0 radical (unpaired) electrons. The fourth-order valence-electron chi connectivity index (χ4n) is 3.28. The smallest absolute Gasteiger partial charge is 0.238 e. The number of carbonyl (C=O) groups is 1. The van der Waals surface area contributed by atoms with Crippen LogP contribution in [0.4, 0.5) is 5.69 Å². The highest BCUT2D eigenvalue weighted by Gasteiger charge is 2.18. The highest BCUT2D eigenvalue weighted by atomic mass is 16.5. The van der Waals surface area contributed by atoms with Crippen molar-refractivity contribution < 1.29 is 9.53 Å². The first-order valence-electron chi connectivity index (χ1n) is 9.92. The summed E-state index contributed by atoms with van der Waals surface area (Å²) in [4.78, 5) is 17.0. The Labute approximate surface area is 167 Å². The van der Waals surface area contributed by atoms with Gasteiger partial charge in [-0.25, -0.2) is 0 Å². The summed E-state index contributed by atoms with van der Waals surface area (Å²) in [5, 5.41) is 2.98. The van der Waals surface area contributed by atoms with Crippen LogP contribution in [0, 0.1) is 0 Å². The second-order valence-electron chi connectivity index (χ2n) is 6.87. The zero-order valence-electron chi connectivity index (χ0n) is 16.5. The lowest BCUT2D eigenvalue weighted by molar-refractivity contribution is -0.117. The van der Waals surface area contributed by atoms with Crippen molar-refractivity contribution in [3.63, 3.8) is 0 Å². The first kappa shape index (κ1) is 20.1. The fraction of sp³-hybridized carbons (Fsp3) is 0.348. The molecular formula is C23H29N3O2. The van der Waals surface area contributed by atoms with Gasteiger partial charge >= 0.3 is 0 Å². The number of ether oxygens (including phenoxy) is 1. The minimum Gasteiger partial charge on any atom is -0.492 e. The minimum absolute atomic E-state index is 0.00424. The Morgan fingerprint density at radius 3 is 2.43 bits per heavy atom. The number of piperazine rings is 1. The van der Waals surface area contributed by atoms with Gasteiger partial charge in [0.05, 0.1) is 18.8 Å². The van der Waals surface area contributed by atoms with E-state index in [1.165, 1.54) is 5.56 Å². The van der Waals surface area contributed by atoms with Crippen LogP contribution in [0.5, 0.6) is 5.75 Å². The lowest BCUT2D eigenvalue weighted by Gasteiger charge is -2.33. The number of anilines is 1. The van der Waals surface area contributed by atoms with Crippen LogP contribution in [0.15, 0.2) is 60.7 Å². The molecule has 0 atom stereocenters. The summed E-state index contributed by atoms with van der Waals surface area (Å²) in [6.45, 7) is 7.62. The van der Waals surface area contributed by atoms with Gasteiger partial charge in [0.25, 0.3) is 0 Å². The molecule has 0 unspecified atom stereocenters. The van der Waals surface area contributed by atoms with Gasteiger partial charge in [0.15, 0.2) is 0 Å². The first-order valence-corrected chi connectivity index (χ1v) is 9.92. The molecule has 0 aromatic heterocycles. The van der Waals surface area contributed by atoms with Crippen molar-refractivity contribution in [2.75, 3.05) is 51.2 Å². The van der Waals surface area contributed by atoms with Gasteiger partial charge in [-0.05, 0) is 24.6 Å². The van der Waals surface area contributed by atoms with Crippen molar-refractivity contribution in [1.29, 1.82) is 0 Å². The molecule has 5 nitrogen and oxygen atoms in total. The van der Waals surface area contributed by atoms with E-state index in [1.807, 2.05) is 37.3 Å². The molecule has 1 fully saturated rings. The van der Waals surface area contributed by atoms with Crippen LogP contribution < -0.4 is 10.1 Å². The van der Waals surface area contributed by atoms with Crippen molar-refractivity contribution in [3.05, 3.63) is 66.2 Å². The molecule has 2 aromatic rings. The molecule has 1 amide bonds. The molecular weight excluding hydrogens is 350 g/mol. The summed E-state index contributed by atoms with van der Waals surface area (Å²) >= 11 is 0. The molecule has 0 bridgehead atoms. The van der Waals surface area contributed by atoms with E-state index in [2.05, 4.69) is 51.5 Å². The zero-order chi connectivity index (χ0) is 19.6. The largest absolute Gasteiger partial charge is 0.492 e. The summed E-state index contributed by atoms with van der Waals surface area (Å²) < 4.78 is 5.57. The average Bonchev–Trinajstić information content (AvgIpc) is 2.72. The van der Waals surface area contributed by atoms with Gasteiger partial charge in [-0.1, -0.05) is 54.6 Å². The monoisotopic (exact) mass is 379 g/mol. The van der Waals surface area contributed by atoms with Gasteiger partial charge in [0, 0.05) is 32.7 Å². The van der Waals surface area contributed by atoms with Gasteiger partial charge < -0.3 is 10.1 Å². The Bertz CT molecular complexity index is 768. The van der Waals surface area contributed by atoms with E-state index in [1.54, 1.807) is 0 Å². The van der Waals surface area contributed by atoms with Gasteiger partial charge in [-0.3, -0.25) is 14.6 Å². The number of hydrogen-bond acceptors (Lipinski definition) is 4. The Hall–Kier alpha value is -2.63. The van der Waals surface area contributed by atoms with Crippen molar-refractivity contribution in [3.8, 4) is 5.75 Å². The SMILES string of the molecule is CCOc1ccccc1NC(=O)CN1CCN(CC=Cc2ccccc2)CC1. The molecule has 1 heterocycles. The maximum absolute atomic E-state index is 12.4. The Balaban J connectivity index is 1.40. The van der Waals surface area contributed by atoms with E-state index in [0.717, 1.165) is 38.4 Å². The number of nitrogens with one attached hydrogen (secondary N) is 1. The maximum atomic E-state index is 12.4. The highest BCUT2D eigenvalue weighted by Crippen LogP contribution is 2.23. The Morgan fingerprint density at radius 1 is 1.00 bits per heavy atom. The molecule has 148 valence electrons. The number of carbonyl (C=O) groups excluding carboxylic acids is 1. The van der Waals surface area contributed by atoms with E-state index < -0.39 is 0 Å². The molecule has 28 heavy (non-hydrogen) atoms. The molecule has 0 aliphatic carbocycles. The molecule has 5 heteroatoms. The predicted octanol–water partition coefficient (Wildman–Crippen LogP) is 3.35. The molecule has 2 aromatic carbocycles. The van der Waals surface area contributed by atoms with Crippen LogP contribution in [0.1, 0.15) is 12.5 Å². The van der Waals surface area contributed by atoms with Crippen LogP contribution in [-0.2, 0) is 4.79 Å². The van der Waals surface area contributed by atoms with E-state index in [0.29, 0.717) is 18.9 Å². The zero-order valence-corrected chi connectivity index (χ0v) is 16.5. The van der Waals surface area contributed by atoms with E-state index in [4.69, 9.17) is 4.74 Å². The van der Waals surface area contributed by atoms with Gasteiger partial charge in [-0.2, -0.15) is 0 Å². The lowest BCUT2D eigenvalue weighted by Crippen LogP contribution is -2.48. The average molecular weight is 380 g/mol. The summed E-state index contributed by atoms with van der Waals surface area (Å²) in [6.07, 6.45) is 4.37. The van der Waals surface area contributed by atoms with E-state index in [-0.39, 0.29) is 5.91 Å². The third-order valence-electron chi connectivity index (χ3n) is 4.77. The number of rotatable bonds is 8. The third kappa shape index (κ3) is 6.22. The number of benzene rings is 2. The van der Waals surface area contributed by atoms with Crippen molar-refractivity contribution in [1.82, 2.24) is 9.80 Å². The quantitative estimate of drug-likeness (QED) is 0.764. The number of hydrogen-bond donors (Lipinski definition) is 1. The summed E-state index contributed by atoms with van der Waals surface area (Å²) in [5.41, 5.74) is 1.96. The second-order valence-corrected chi connectivity index (χ2v) is 6.87. The van der Waals surface area contributed by atoms with Crippen molar-refractivity contribution >= 4 is 17.7 Å². The molecule has 1 saturated heterocycles.